The van der Waals surface area contributed by atoms with Gasteiger partial charge in [0.05, 0.1) is 11.9 Å². The van der Waals surface area contributed by atoms with Gasteiger partial charge in [0.15, 0.2) is 0 Å². The molecule has 0 unspecified atom stereocenters. The van der Waals surface area contributed by atoms with Gasteiger partial charge < -0.3 is 5.32 Å². The highest BCUT2D eigenvalue weighted by Gasteiger charge is 2.31. The van der Waals surface area contributed by atoms with Crippen LogP contribution in [0.3, 0.4) is 0 Å². The van der Waals surface area contributed by atoms with Crippen molar-refractivity contribution in [2.24, 2.45) is 0 Å². The Balaban J connectivity index is 2.36. The Labute approximate surface area is 167 Å². The summed E-state index contributed by atoms with van der Waals surface area (Å²) in [5.41, 5.74) is 1.97. The van der Waals surface area contributed by atoms with Crippen molar-refractivity contribution in [3.63, 3.8) is 0 Å². The molecule has 1 amide bonds. The summed E-state index contributed by atoms with van der Waals surface area (Å²) in [5.74, 6) is -0.394. The lowest BCUT2D eigenvalue weighted by Gasteiger charge is -2.30. The molecular weight excluding hydrogens is 440 g/mol. The highest BCUT2D eigenvalue weighted by Crippen LogP contribution is 2.26. The van der Waals surface area contributed by atoms with Crippen LogP contribution in [0.15, 0.2) is 46.9 Å². The molecule has 2 aromatic carbocycles. The molecule has 140 valence electrons. The summed E-state index contributed by atoms with van der Waals surface area (Å²) in [6.45, 7) is 3.68. The van der Waals surface area contributed by atoms with Gasteiger partial charge in [-0.3, -0.25) is 9.10 Å². The first kappa shape index (κ1) is 20.7. The van der Waals surface area contributed by atoms with Crippen LogP contribution in [0.4, 0.5) is 11.4 Å². The molecule has 0 aromatic heterocycles. The maximum atomic E-state index is 12.8. The fourth-order valence-corrected chi connectivity index (χ4v) is 4.18. The largest absolute Gasteiger partial charge is 0.324 e. The molecule has 0 aliphatic carbocycles. The van der Waals surface area contributed by atoms with Crippen molar-refractivity contribution in [3.05, 3.63) is 57.5 Å². The Morgan fingerprint density at radius 1 is 1.23 bits per heavy atom. The number of nitrogens with one attached hydrogen (secondary N) is 1. The number of amides is 1. The van der Waals surface area contributed by atoms with E-state index in [0.29, 0.717) is 22.8 Å². The average Bonchev–Trinajstić information content (AvgIpc) is 2.56. The standard InChI is InChI=1S/C18H20BrClN2O3S/c1-4-17(18(23)21-14-7-10-16(19)12(2)11-14)22(26(3,24)25)15-8-5-13(20)6-9-15/h5-11,17H,4H2,1-3H3,(H,21,23)/t17-/m0/s1. The molecule has 0 fully saturated rings. The van der Waals surface area contributed by atoms with Gasteiger partial charge in [0.25, 0.3) is 0 Å². The van der Waals surface area contributed by atoms with Crippen LogP contribution in [0.2, 0.25) is 5.02 Å². The number of hydrogen-bond donors (Lipinski definition) is 1. The van der Waals surface area contributed by atoms with Gasteiger partial charge in [-0.05, 0) is 61.4 Å². The maximum absolute atomic E-state index is 12.8. The minimum absolute atomic E-state index is 0.317. The van der Waals surface area contributed by atoms with Crippen LogP contribution in [-0.4, -0.2) is 26.6 Å². The topological polar surface area (TPSA) is 66.5 Å². The van der Waals surface area contributed by atoms with Crippen LogP contribution in [0.5, 0.6) is 0 Å². The number of carbonyl (C=O) groups is 1. The first-order chi connectivity index (χ1) is 12.1. The number of hydrogen-bond acceptors (Lipinski definition) is 3. The molecule has 26 heavy (non-hydrogen) atoms. The van der Waals surface area contributed by atoms with Gasteiger partial charge in [-0.2, -0.15) is 0 Å². The number of aryl methyl sites for hydroxylation is 1. The van der Waals surface area contributed by atoms with E-state index in [1.165, 1.54) is 0 Å². The second-order valence-corrected chi connectivity index (χ2v) is 9.06. The van der Waals surface area contributed by atoms with Gasteiger partial charge in [0.1, 0.15) is 6.04 Å². The Morgan fingerprint density at radius 2 is 1.85 bits per heavy atom. The van der Waals surface area contributed by atoms with E-state index in [2.05, 4.69) is 21.2 Å². The molecule has 0 aliphatic rings. The zero-order valence-electron chi connectivity index (χ0n) is 14.7. The summed E-state index contributed by atoms with van der Waals surface area (Å²) in [7, 11) is -3.67. The highest BCUT2D eigenvalue weighted by molar-refractivity contribution is 9.10. The van der Waals surface area contributed by atoms with Gasteiger partial charge >= 0.3 is 0 Å². The van der Waals surface area contributed by atoms with E-state index >= 15 is 0 Å². The summed E-state index contributed by atoms with van der Waals surface area (Å²) in [5, 5.41) is 3.29. The van der Waals surface area contributed by atoms with Crippen LogP contribution < -0.4 is 9.62 Å². The molecule has 1 atom stereocenters. The molecule has 0 bridgehead atoms. The normalized spacial score (nSPS) is 12.5. The first-order valence-electron chi connectivity index (χ1n) is 7.95. The van der Waals surface area contributed by atoms with Crippen LogP contribution in [-0.2, 0) is 14.8 Å². The van der Waals surface area contributed by atoms with Crippen LogP contribution in [0, 0.1) is 6.92 Å². The molecule has 0 aliphatic heterocycles. The van der Waals surface area contributed by atoms with Gasteiger partial charge in [-0.1, -0.05) is 34.5 Å². The van der Waals surface area contributed by atoms with Gasteiger partial charge in [-0.25, -0.2) is 8.42 Å². The van der Waals surface area contributed by atoms with Gasteiger partial charge in [0, 0.05) is 15.2 Å². The third-order valence-corrected chi connectivity index (χ3v) is 6.16. The smallest absolute Gasteiger partial charge is 0.248 e. The van der Waals surface area contributed by atoms with E-state index in [-0.39, 0.29) is 0 Å². The molecule has 0 saturated heterocycles. The Morgan fingerprint density at radius 3 is 2.35 bits per heavy atom. The number of sulfonamides is 1. The number of rotatable bonds is 6. The van der Waals surface area contributed by atoms with E-state index in [9.17, 15) is 13.2 Å². The molecule has 0 heterocycles. The summed E-state index contributed by atoms with van der Waals surface area (Å²) < 4.78 is 26.8. The summed E-state index contributed by atoms with van der Waals surface area (Å²) in [6.07, 6.45) is 1.40. The van der Waals surface area contributed by atoms with Crippen molar-refractivity contribution in [3.8, 4) is 0 Å². The lowest BCUT2D eigenvalue weighted by Crippen LogP contribution is -2.47. The molecule has 0 saturated carbocycles. The second-order valence-electron chi connectivity index (χ2n) is 5.91. The van der Waals surface area contributed by atoms with Crippen LogP contribution >= 0.6 is 27.5 Å². The van der Waals surface area contributed by atoms with Crippen molar-refractivity contribution >= 4 is 54.8 Å². The van der Waals surface area contributed by atoms with Crippen LogP contribution in [0.1, 0.15) is 18.9 Å². The highest BCUT2D eigenvalue weighted by atomic mass is 79.9. The summed E-state index contributed by atoms with van der Waals surface area (Å²) in [6, 6.07) is 10.9. The lowest BCUT2D eigenvalue weighted by atomic mass is 10.1. The monoisotopic (exact) mass is 458 g/mol. The third-order valence-electron chi connectivity index (χ3n) is 3.84. The van der Waals surface area contributed by atoms with E-state index < -0.39 is 22.0 Å². The molecule has 2 rings (SSSR count). The second kappa shape index (κ2) is 8.41. The van der Waals surface area contributed by atoms with Gasteiger partial charge in [-0.15, -0.1) is 0 Å². The molecular formula is C18H20BrClN2O3S. The summed E-state index contributed by atoms with van der Waals surface area (Å²) >= 11 is 9.30. The SMILES string of the molecule is CC[C@@H](C(=O)Nc1ccc(Br)c(C)c1)N(c1ccc(Cl)cc1)S(C)(=O)=O. The predicted octanol–water partition coefficient (Wildman–Crippen LogP) is 4.59. The third kappa shape index (κ3) is 4.99. The van der Waals surface area contributed by atoms with E-state index in [1.54, 1.807) is 37.3 Å². The minimum Gasteiger partial charge on any atom is -0.324 e. The van der Waals surface area contributed by atoms with Gasteiger partial charge in [0.2, 0.25) is 15.9 Å². The zero-order chi connectivity index (χ0) is 19.5. The molecule has 2 aromatic rings. The lowest BCUT2D eigenvalue weighted by molar-refractivity contribution is -0.117. The Kier molecular flexibility index (Phi) is 6.71. The van der Waals surface area contributed by atoms with Crippen molar-refractivity contribution in [1.82, 2.24) is 0 Å². The Hall–Kier alpha value is -1.57. The molecule has 8 heteroatoms. The van der Waals surface area contributed by atoms with Crippen molar-refractivity contribution in [1.29, 1.82) is 0 Å². The molecule has 1 N–H and O–H groups in total. The fourth-order valence-electron chi connectivity index (χ4n) is 2.60. The number of carbonyl (C=O) groups excluding carboxylic acids is 1. The molecule has 0 spiro atoms. The summed E-state index contributed by atoms with van der Waals surface area (Å²) in [4.78, 5) is 12.8. The first-order valence-corrected chi connectivity index (χ1v) is 11.0. The van der Waals surface area contributed by atoms with E-state index in [1.807, 2.05) is 19.1 Å². The van der Waals surface area contributed by atoms with Crippen molar-refractivity contribution in [2.75, 3.05) is 15.9 Å². The maximum Gasteiger partial charge on any atom is 0.248 e. The quantitative estimate of drug-likeness (QED) is 0.687. The van der Waals surface area contributed by atoms with Crippen molar-refractivity contribution < 1.29 is 13.2 Å². The number of nitrogens with zero attached hydrogens (tertiary/aromatic N) is 1. The average molecular weight is 460 g/mol. The number of anilines is 2. The Bertz CT molecular complexity index is 901. The van der Waals surface area contributed by atoms with Crippen molar-refractivity contribution in [2.45, 2.75) is 26.3 Å². The molecule has 5 nitrogen and oxygen atoms in total. The molecule has 0 radical (unpaired) electrons. The van der Waals surface area contributed by atoms with Crippen LogP contribution in [0.25, 0.3) is 0 Å². The minimum atomic E-state index is -3.67. The number of halogens is 2. The van der Waals surface area contributed by atoms with E-state index in [0.717, 1.165) is 20.6 Å². The fraction of sp³-hybridized carbons (Fsp3) is 0.278. The van der Waals surface area contributed by atoms with E-state index in [4.69, 9.17) is 11.6 Å². The zero-order valence-corrected chi connectivity index (χ0v) is 17.8. The predicted molar refractivity (Wildman–Crippen MR) is 110 cm³/mol. The number of benzene rings is 2.